The Hall–Kier alpha value is -1.76. The van der Waals surface area contributed by atoms with Gasteiger partial charge in [0.25, 0.3) is 0 Å². The zero-order valence-corrected chi connectivity index (χ0v) is 14.5. The summed E-state index contributed by atoms with van der Waals surface area (Å²) in [7, 11) is 2.20. The van der Waals surface area contributed by atoms with Gasteiger partial charge in [-0.05, 0) is 61.1 Å². The molecule has 2 aromatic carbocycles. The van der Waals surface area contributed by atoms with E-state index < -0.39 is 0 Å². The van der Waals surface area contributed by atoms with E-state index >= 15 is 0 Å². The van der Waals surface area contributed by atoms with E-state index in [-0.39, 0.29) is 0 Å². The maximum absolute atomic E-state index is 2.39. The van der Waals surface area contributed by atoms with Gasteiger partial charge in [0.05, 0.1) is 0 Å². The minimum absolute atomic E-state index is 0.757. The largest absolute Gasteiger partial charge is 0.107 e. The molecule has 0 aliphatic heterocycles. The first kappa shape index (κ1) is 16.1. The van der Waals surface area contributed by atoms with Gasteiger partial charge < -0.3 is 0 Å². The molecule has 1 fully saturated rings. The van der Waals surface area contributed by atoms with Gasteiger partial charge in [-0.1, -0.05) is 72.6 Å². The van der Waals surface area contributed by atoms with E-state index in [2.05, 4.69) is 75.5 Å². The first-order chi connectivity index (χ1) is 11.3. The van der Waals surface area contributed by atoms with Crippen LogP contribution in [-0.4, -0.2) is 7.85 Å². The van der Waals surface area contributed by atoms with Crippen molar-refractivity contribution in [1.82, 2.24) is 0 Å². The second kappa shape index (κ2) is 7.68. The lowest BCUT2D eigenvalue weighted by molar-refractivity contribution is 0.376. The van der Waals surface area contributed by atoms with Crippen LogP contribution in [0, 0.1) is 5.92 Å². The third-order valence-electron chi connectivity index (χ3n) is 5.31. The van der Waals surface area contributed by atoms with Crippen LogP contribution in [0.2, 0.25) is 0 Å². The quantitative estimate of drug-likeness (QED) is 0.528. The molecule has 1 saturated carbocycles. The fourth-order valence-electron chi connectivity index (χ4n) is 3.80. The Labute approximate surface area is 142 Å². The molecule has 0 N–H and O–H groups in total. The van der Waals surface area contributed by atoms with E-state index in [1.165, 1.54) is 47.9 Å². The molecule has 23 heavy (non-hydrogen) atoms. The summed E-state index contributed by atoms with van der Waals surface area (Å²) in [6.07, 6.45) is 11.1. The van der Waals surface area contributed by atoms with Gasteiger partial charge in [0.2, 0.25) is 0 Å². The van der Waals surface area contributed by atoms with Crippen molar-refractivity contribution in [2.45, 2.75) is 44.8 Å². The molecule has 0 bridgehead atoms. The third-order valence-corrected chi connectivity index (χ3v) is 5.31. The van der Waals surface area contributed by atoms with Gasteiger partial charge in [0, 0.05) is 0 Å². The Kier molecular flexibility index (Phi) is 5.38. The van der Waals surface area contributed by atoms with Crippen molar-refractivity contribution in [2.75, 3.05) is 0 Å². The summed E-state index contributed by atoms with van der Waals surface area (Å²) in [5.41, 5.74) is 5.59. The number of hydrogen-bond acceptors (Lipinski definition) is 0. The molecule has 0 amide bonds. The van der Waals surface area contributed by atoms with Gasteiger partial charge in [-0.3, -0.25) is 0 Å². The minimum Gasteiger partial charge on any atom is -0.0914 e. The molecule has 1 heteroatoms. The van der Waals surface area contributed by atoms with Crippen molar-refractivity contribution in [3.63, 3.8) is 0 Å². The van der Waals surface area contributed by atoms with Crippen molar-refractivity contribution in [2.24, 2.45) is 5.92 Å². The fourth-order valence-corrected chi connectivity index (χ4v) is 3.80. The van der Waals surface area contributed by atoms with Gasteiger partial charge in [-0.2, -0.15) is 0 Å². The highest BCUT2D eigenvalue weighted by atomic mass is 14.3. The molecular formula is C22H27B. The van der Waals surface area contributed by atoms with Crippen molar-refractivity contribution in [1.29, 1.82) is 0 Å². The topological polar surface area (TPSA) is 0 Å². The lowest BCUT2D eigenvalue weighted by atomic mass is 9.78. The zero-order valence-electron chi connectivity index (χ0n) is 14.5. The van der Waals surface area contributed by atoms with E-state index in [1.54, 1.807) is 0 Å². The highest BCUT2D eigenvalue weighted by Crippen LogP contribution is 2.36. The van der Waals surface area contributed by atoms with Crippen LogP contribution in [0.4, 0.5) is 0 Å². The van der Waals surface area contributed by atoms with Crippen molar-refractivity contribution in [3.05, 3.63) is 71.8 Å². The Morgan fingerprint density at radius 1 is 0.870 bits per heavy atom. The van der Waals surface area contributed by atoms with Gasteiger partial charge >= 0.3 is 0 Å². The molecule has 0 saturated heterocycles. The van der Waals surface area contributed by atoms with E-state index in [4.69, 9.17) is 0 Å². The molecule has 0 aromatic heterocycles. The highest BCUT2D eigenvalue weighted by molar-refractivity contribution is 6.08. The number of rotatable bonds is 4. The lowest BCUT2D eigenvalue weighted by Gasteiger charge is -2.27. The van der Waals surface area contributed by atoms with Crippen molar-refractivity contribution in [3.8, 4) is 11.1 Å². The second-order valence-corrected chi connectivity index (χ2v) is 6.81. The van der Waals surface area contributed by atoms with Crippen LogP contribution >= 0.6 is 0 Å². The predicted molar refractivity (Wildman–Crippen MR) is 104 cm³/mol. The van der Waals surface area contributed by atoms with Crippen LogP contribution in [0.1, 0.15) is 49.7 Å². The van der Waals surface area contributed by atoms with Crippen LogP contribution in [0.5, 0.6) is 0 Å². The maximum Gasteiger partial charge on any atom is 0.107 e. The molecule has 1 aliphatic rings. The van der Waals surface area contributed by atoms with E-state index in [1.807, 2.05) is 0 Å². The monoisotopic (exact) mass is 302 g/mol. The SMILES string of the molecule is BCc1ccc(-c2ccc(C3CCC(/C=C/C)CC3)cc2)cc1. The number of benzene rings is 2. The lowest BCUT2D eigenvalue weighted by Crippen LogP contribution is -2.11. The summed E-state index contributed by atoms with van der Waals surface area (Å²) in [6, 6.07) is 18.3. The van der Waals surface area contributed by atoms with Crippen LogP contribution in [0.25, 0.3) is 11.1 Å². The van der Waals surface area contributed by atoms with Crippen molar-refractivity contribution < 1.29 is 0 Å². The van der Waals surface area contributed by atoms with Gasteiger partial charge in [-0.25, -0.2) is 0 Å². The normalized spacial score (nSPS) is 21.6. The molecule has 1 aliphatic carbocycles. The number of allylic oxidation sites excluding steroid dienone is 2. The van der Waals surface area contributed by atoms with Gasteiger partial charge in [0.1, 0.15) is 7.85 Å². The predicted octanol–water partition coefficient (Wildman–Crippen LogP) is 5.34. The molecule has 0 heterocycles. The Balaban J connectivity index is 1.67. The molecule has 0 nitrogen and oxygen atoms in total. The summed E-state index contributed by atoms with van der Waals surface area (Å²) in [5, 5.41) is 0. The molecule has 0 atom stereocenters. The molecule has 0 spiro atoms. The minimum atomic E-state index is 0.757. The van der Waals surface area contributed by atoms with Gasteiger partial charge in [0.15, 0.2) is 0 Å². The average Bonchev–Trinajstić information content (AvgIpc) is 2.63. The summed E-state index contributed by atoms with van der Waals surface area (Å²) in [5.74, 6) is 1.57. The molecular weight excluding hydrogens is 275 g/mol. The van der Waals surface area contributed by atoms with E-state index in [9.17, 15) is 0 Å². The van der Waals surface area contributed by atoms with Gasteiger partial charge in [-0.15, -0.1) is 0 Å². The number of hydrogen-bond donors (Lipinski definition) is 0. The standard InChI is InChI=1S/C22H27B/c1-2-3-17-4-8-19(9-5-17)21-12-14-22(15-13-21)20-10-6-18(16-23)7-11-20/h2-3,6-7,10-15,17,19H,4-5,8-9,16,23H2,1H3/b3-2+. The van der Waals surface area contributed by atoms with E-state index in [0.717, 1.165) is 18.2 Å². The first-order valence-corrected chi connectivity index (χ1v) is 9.12. The highest BCUT2D eigenvalue weighted by Gasteiger charge is 2.20. The van der Waals surface area contributed by atoms with Crippen LogP contribution < -0.4 is 0 Å². The fraction of sp³-hybridized carbons (Fsp3) is 0.364. The van der Waals surface area contributed by atoms with Crippen molar-refractivity contribution >= 4 is 7.85 Å². The smallest absolute Gasteiger partial charge is 0.0914 e. The molecule has 118 valence electrons. The van der Waals surface area contributed by atoms with Crippen LogP contribution in [-0.2, 0) is 6.32 Å². The van der Waals surface area contributed by atoms with Crippen LogP contribution in [0.15, 0.2) is 60.7 Å². The zero-order chi connectivity index (χ0) is 16.1. The summed E-state index contributed by atoms with van der Waals surface area (Å²) in [6.45, 7) is 2.14. The summed E-state index contributed by atoms with van der Waals surface area (Å²) < 4.78 is 0. The molecule has 0 radical (unpaired) electrons. The second-order valence-electron chi connectivity index (χ2n) is 6.81. The molecule has 3 rings (SSSR count). The Morgan fingerprint density at radius 3 is 1.96 bits per heavy atom. The maximum atomic E-state index is 2.39. The third kappa shape index (κ3) is 3.96. The Morgan fingerprint density at radius 2 is 1.43 bits per heavy atom. The summed E-state index contributed by atoms with van der Waals surface area (Å²) >= 11 is 0. The molecule has 0 unspecified atom stereocenters. The average molecular weight is 302 g/mol. The first-order valence-electron chi connectivity index (χ1n) is 9.12. The summed E-state index contributed by atoms with van der Waals surface area (Å²) in [4.78, 5) is 0. The van der Waals surface area contributed by atoms with Crippen LogP contribution in [0.3, 0.4) is 0 Å². The van der Waals surface area contributed by atoms with E-state index in [0.29, 0.717) is 0 Å². The molecule has 2 aromatic rings. The Bertz CT molecular complexity index is 629.